The molecule has 0 fully saturated rings. The first-order valence-electron chi connectivity index (χ1n) is 5.61. The van der Waals surface area contributed by atoms with Crippen LogP contribution in [0.5, 0.6) is 0 Å². The fraction of sp³-hybridized carbons (Fsp3) is 0.462. The number of carboxylic acids is 1. The minimum Gasteiger partial charge on any atom is -0.480 e. The van der Waals surface area contributed by atoms with Crippen LogP contribution in [0.25, 0.3) is 0 Å². The highest BCUT2D eigenvalue weighted by molar-refractivity contribution is 6.30. The van der Waals surface area contributed by atoms with Crippen molar-refractivity contribution < 1.29 is 14.3 Å². The molecule has 0 aliphatic heterocycles. The summed E-state index contributed by atoms with van der Waals surface area (Å²) < 4.78 is 13.6. The molecule has 0 heterocycles. The van der Waals surface area contributed by atoms with Crippen LogP contribution < -0.4 is 0 Å². The molecule has 0 spiro atoms. The second-order valence-electron chi connectivity index (χ2n) is 5.16. The smallest absolute Gasteiger partial charge is 0.317 e. The van der Waals surface area contributed by atoms with Gasteiger partial charge in [0.2, 0.25) is 0 Å². The first kappa shape index (κ1) is 14.9. The monoisotopic (exact) mass is 273 g/mol. The Labute approximate surface area is 111 Å². The van der Waals surface area contributed by atoms with Crippen LogP contribution in [0.2, 0.25) is 5.02 Å². The molecule has 1 aromatic rings. The molecule has 1 aromatic carbocycles. The number of rotatable bonds is 4. The first-order valence-corrected chi connectivity index (χ1v) is 5.98. The lowest BCUT2D eigenvalue weighted by molar-refractivity contribution is -0.139. The van der Waals surface area contributed by atoms with Crippen molar-refractivity contribution in [2.45, 2.75) is 32.9 Å². The van der Waals surface area contributed by atoms with E-state index in [1.807, 2.05) is 20.8 Å². The van der Waals surface area contributed by atoms with Gasteiger partial charge in [0.1, 0.15) is 5.82 Å². The summed E-state index contributed by atoms with van der Waals surface area (Å²) in [5.74, 6) is -1.31. The van der Waals surface area contributed by atoms with Gasteiger partial charge in [-0.1, -0.05) is 11.6 Å². The molecule has 0 saturated heterocycles. The van der Waals surface area contributed by atoms with Gasteiger partial charge in [0.15, 0.2) is 0 Å². The van der Waals surface area contributed by atoms with Crippen LogP contribution >= 0.6 is 11.6 Å². The second-order valence-corrected chi connectivity index (χ2v) is 5.59. The summed E-state index contributed by atoms with van der Waals surface area (Å²) in [5.41, 5.74) is 0.0336. The second kappa shape index (κ2) is 5.67. The first-order chi connectivity index (χ1) is 8.20. The van der Waals surface area contributed by atoms with Crippen LogP contribution in [-0.4, -0.2) is 28.1 Å². The number of carbonyl (C=O) groups is 1. The third kappa shape index (κ3) is 4.27. The molecular weight excluding hydrogens is 257 g/mol. The average molecular weight is 274 g/mol. The standard InChI is InChI=1S/C13H17ClFNO2/c1-13(2,3)16(8-12(17)18)7-9-6-10(14)4-5-11(9)15/h4-6H,7-8H2,1-3H3,(H,17,18). The molecule has 0 aliphatic rings. The normalized spacial score (nSPS) is 11.9. The third-order valence-electron chi connectivity index (χ3n) is 2.64. The summed E-state index contributed by atoms with van der Waals surface area (Å²) in [5, 5.41) is 9.33. The van der Waals surface area contributed by atoms with Gasteiger partial charge < -0.3 is 5.11 Å². The van der Waals surface area contributed by atoms with Gasteiger partial charge in [0, 0.05) is 22.7 Å². The zero-order valence-electron chi connectivity index (χ0n) is 10.7. The average Bonchev–Trinajstić information content (AvgIpc) is 2.20. The summed E-state index contributed by atoms with van der Waals surface area (Å²) >= 11 is 5.82. The Morgan fingerprint density at radius 3 is 2.56 bits per heavy atom. The largest absolute Gasteiger partial charge is 0.480 e. The van der Waals surface area contributed by atoms with Gasteiger partial charge in [0.25, 0.3) is 0 Å². The fourth-order valence-corrected chi connectivity index (χ4v) is 1.76. The molecule has 0 aromatic heterocycles. The molecule has 1 rings (SSSR count). The third-order valence-corrected chi connectivity index (χ3v) is 2.88. The Morgan fingerprint density at radius 1 is 1.44 bits per heavy atom. The molecule has 0 radical (unpaired) electrons. The summed E-state index contributed by atoms with van der Waals surface area (Å²) in [7, 11) is 0. The van der Waals surface area contributed by atoms with Gasteiger partial charge >= 0.3 is 5.97 Å². The van der Waals surface area contributed by atoms with Gasteiger partial charge in [-0.3, -0.25) is 9.69 Å². The SMILES string of the molecule is CC(C)(C)N(CC(=O)O)Cc1cc(Cl)ccc1F. The van der Waals surface area contributed by atoms with Crippen molar-refractivity contribution in [3.05, 3.63) is 34.6 Å². The van der Waals surface area contributed by atoms with Gasteiger partial charge in [0.05, 0.1) is 6.54 Å². The molecule has 3 nitrogen and oxygen atoms in total. The van der Waals surface area contributed by atoms with Gasteiger partial charge in [-0.15, -0.1) is 0 Å². The van der Waals surface area contributed by atoms with Crippen molar-refractivity contribution in [2.24, 2.45) is 0 Å². The Balaban J connectivity index is 2.96. The summed E-state index contributed by atoms with van der Waals surface area (Å²) in [6.45, 7) is 5.73. The number of hydrogen-bond donors (Lipinski definition) is 1. The van der Waals surface area contributed by atoms with E-state index in [2.05, 4.69) is 0 Å². The molecular formula is C13H17ClFNO2. The Hall–Kier alpha value is -1.13. The molecule has 0 bridgehead atoms. The predicted molar refractivity (Wildman–Crippen MR) is 69.2 cm³/mol. The lowest BCUT2D eigenvalue weighted by Gasteiger charge is -2.34. The van der Waals surface area contributed by atoms with Gasteiger partial charge in [-0.25, -0.2) is 4.39 Å². The Bertz CT molecular complexity index is 443. The van der Waals surface area contributed by atoms with Crippen molar-refractivity contribution in [3.8, 4) is 0 Å². The minimum absolute atomic E-state index is 0.143. The number of benzene rings is 1. The highest BCUT2D eigenvalue weighted by atomic mass is 35.5. The van der Waals surface area contributed by atoms with E-state index >= 15 is 0 Å². The van der Waals surface area contributed by atoms with Crippen LogP contribution in [0.15, 0.2) is 18.2 Å². The van der Waals surface area contributed by atoms with E-state index in [0.29, 0.717) is 10.6 Å². The summed E-state index contributed by atoms with van der Waals surface area (Å²) in [4.78, 5) is 12.5. The van der Waals surface area contributed by atoms with Gasteiger partial charge in [-0.05, 0) is 39.0 Å². The number of nitrogens with zero attached hydrogens (tertiary/aromatic N) is 1. The zero-order chi connectivity index (χ0) is 13.9. The van der Waals surface area contributed by atoms with E-state index in [9.17, 15) is 9.18 Å². The lowest BCUT2D eigenvalue weighted by atomic mass is 10.0. The Morgan fingerprint density at radius 2 is 2.06 bits per heavy atom. The highest BCUT2D eigenvalue weighted by Crippen LogP contribution is 2.21. The lowest BCUT2D eigenvalue weighted by Crippen LogP contribution is -2.44. The molecule has 5 heteroatoms. The van der Waals surface area contributed by atoms with E-state index in [4.69, 9.17) is 16.7 Å². The van der Waals surface area contributed by atoms with Crippen LogP contribution in [0.1, 0.15) is 26.3 Å². The van der Waals surface area contributed by atoms with E-state index in [1.165, 1.54) is 18.2 Å². The number of hydrogen-bond acceptors (Lipinski definition) is 2. The van der Waals surface area contributed by atoms with Crippen molar-refractivity contribution in [3.63, 3.8) is 0 Å². The Kier molecular flexibility index (Phi) is 4.71. The molecule has 0 amide bonds. The van der Waals surface area contributed by atoms with Crippen molar-refractivity contribution in [1.82, 2.24) is 4.90 Å². The maximum absolute atomic E-state index is 13.6. The van der Waals surface area contributed by atoms with Crippen molar-refractivity contribution in [1.29, 1.82) is 0 Å². The van der Waals surface area contributed by atoms with E-state index < -0.39 is 5.97 Å². The quantitative estimate of drug-likeness (QED) is 0.916. The maximum atomic E-state index is 13.6. The zero-order valence-corrected chi connectivity index (χ0v) is 11.5. The molecule has 0 saturated carbocycles. The summed E-state index contributed by atoms with van der Waals surface area (Å²) in [6.07, 6.45) is 0. The van der Waals surface area contributed by atoms with Crippen LogP contribution in [0.4, 0.5) is 4.39 Å². The van der Waals surface area contributed by atoms with Crippen molar-refractivity contribution >= 4 is 17.6 Å². The number of halogens is 2. The van der Waals surface area contributed by atoms with Crippen LogP contribution in [-0.2, 0) is 11.3 Å². The van der Waals surface area contributed by atoms with E-state index in [0.717, 1.165) is 0 Å². The predicted octanol–water partition coefficient (Wildman–Crippen LogP) is 3.16. The van der Waals surface area contributed by atoms with Crippen molar-refractivity contribution in [2.75, 3.05) is 6.54 Å². The van der Waals surface area contributed by atoms with E-state index in [1.54, 1.807) is 4.90 Å². The number of aliphatic carboxylic acids is 1. The molecule has 1 N–H and O–H groups in total. The molecule has 100 valence electrons. The van der Waals surface area contributed by atoms with Crippen LogP contribution in [0, 0.1) is 5.82 Å². The fourth-order valence-electron chi connectivity index (χ4n) is 1.56. The summed E-state index contributed by atoms with van der Waals surface area (Å²) in [6, 6.07) is 4.29. The number of carboxylic acid groups (broad SMARTS) is 1. The van der Waals surface area contributed by atoms with E-state index in [-0.39, 0.29) is 24.4 Å². The molecule has 0 aliphatic carbocycles. The highest BCUT2D eigenvalue weighted by Gasteiger charge is 2.24. The molecule has 18 heavy (non-hydrogen) atoms. The van der Waals surface area contributed by atoms with Gasteiger partial charge in [-0.2, -0.15) is 0 Å². The topological polar surface area (TPSA) is 40.5 Å². The molecule has 0 atom stereocenters. The van der Waals surface area contributed by atoms with Crippen LogP contribution in [0.3, 0.4) is 0 Å². The molecule has 0 unspecified atom stereocenters. The maximum Gasteiger partial charge on any atom is 0.317 e. The minimum atomic E-state index is -0.938.